The third-order valence-electron chi connectivity index (χ3n) is 6.95. The van der Waals surface area contributed by atoms with Crippen LogP contribution in [-0.2, 0) is 6.54 Å². The molecule has 0 atom stereocenters. The molecule has 3 heterocycles. The molecule has 0 amide bonds. The van der Waals surface area contributed by atoms with Crippen molar-refractivity contribution in [2.75, 3.05) is 36.8 Å². The number of rotatable bonds is 13. The molecule has 3 aromatic rings. The number of Topliss-reactive ketones (excluding diaryl/α,β-unsaturated/α-hetero) is 1. The van der Waals surface area contributed by atoms with Gasteiger partial charge >= 0.3 is 0 Å². The van der Waals surface area contributed by atoms with Crippen molar-refractivity contribution in [3.63, 3.8) is 0 Å². The smallest absolute Gasteiger partial charge is 0.225 e. The van der Waals surface area contributed by atoms with E-state index in [9.17, 15) is 4.79 Å². The van der Waals surface area contributed by atoms with Crippen molar-refractivity contribution in [3.8, 4) is 11.3 Å². The molecule has 0 unspecified atom stereocenters. The van der Waals surface area contributed by atoms with Crippen LogP contribution >= 0.6 is 0 Å². The van der Waals surface area contributed by atoms with Crippen LogP contribution in [0.4, 0.5) is 11.8 Å². The topological polar surface area (TPSA) is 109 Å². The number of nitrogens with zero attached hydrogens (tertiary/aromatic N) is 5. The maximum absolute atomic E-state index is 13.1. The second-order valence-corrected chi connectivity index (χ2v) is 9.73. The molecule has 1 fully saturated rings. The molecule has 5 rings (SSSR count). The monoisotopic (exact) mass is 513 g/mol. The van der Waals surface area contributed by atoms with E-state index in [2.05, 4.69) is 55.6 Å². The van der Waals surface area contributed by atoms with Crippen molar-refractivity contribution >= 4 is 23.4 Å². The zero-order chi connectivity index (χ0) is 26.3. The molecule has 2 N–H and O–H groups in total. The normalized spacial score (nSPS) is 14.9. The zero-order valence-corrected chi connectivity index (χ0v) is 22.1. The summed E-state index contributed by atoms with van der Waals surface area (Å²) in [5, 5.41) is 10.7. The fourth-order valence-corrected chi connectivity index (χ4v) is 4.52. The number of aliphatic imine (C=N–C) groups is 1. The number of ketones is 1. The summed E-state index contributed by atoms with van der Waals surface area (Å²) in [5.41, 5.74) is 3.50. The zero-order valence-electron chi connectivity index (χ0n) is 22.1. The Hall–Kier alpha value is -3.85. The van der Waals surface area contributed by atoms with Crippen LogP contribution in [0.2, 0.25) is 0 Å². The van der Waals surface area contributed by atoms with Gasteiger partial charge in [-0.2, -0.15) is 4.98 Å². The van der Waals surface area contributed by atoms with Crippen molar-refractivity contribution in [2.24, 2.45) is 10.9 Å². The van der Waals surface area contributed by atoms with Crippen LogP contribution in [0.5, 0.6) is 0 Å². The Bertz CT molecular complexity index is 1310. The van der Waals surface area contributed by atoms with E-state index in [1.807, 2.05) is 36.4 Å². The van der Waals surface area contributed by atoms with Gasteiger partial charge in [0.05, 0.1) is 13.1 Å². The van der Waals surface area contributed by atoms with Crippen LogP contribution in [0.15, 0.2) is 63.6 Å². The van der Waals surface area contributed by atoms with Gasteiger partial charge in [-0.05, 0) is 56.5 Å². The molecule has 0 spiro atoms. The lowest BCUT2D eigenvalue weighted by molar-refractivity contribution is 0.0970. The van der Waals surface area contributed by atoms with Crippen LogP contribution in [0.25, 0.3) is 11.3 Å². The molecule has 1 aliphatic heterocycles. The second-order valence-electron chi connectivity index (χ2n) is 9.73. The number of carbonyl (C=O) groups excluding carboxylic acids is 1. The minimum Gasteiger partial charge on any atom is -0.359 e. The second kappa shape index (κ2) is 12.1. The Labute approximate surface area is 223 Å². The summed E-state index contributed by atoms with van der Waals surface area (Å²) in [5.74, 6) is 2.99. The highest BCUT2D eigenvalue weighted by atomic mass is 16.5. The lowest BCUT2D eigenvalue weighted by atomic mass is 10.1. The van der Waals surface area contributed by atoms with Crippen molar-refractivity contribution in [3.05, 3.63) is 65.6 Å². The van der Waals surface area contributed by atoms with Gasteiger partial charge in [-0.1, -0.05) is 49.3 Å². The van der Waals surface area contributed by atoms with E-state index in [-0.39, 0.29) is 5.78 Å². The van der Waals surface area contributed by atoms with Gasteiger partial charge in [0.2, 0.25) is 5.95 Å². The highest BCUT2D eigenvalue weighted by Crippen LogP contribution is 2.37. The molecule has 0 bridgehead atoms. The minimum atomic E-state index is -0.000687. The maximum atomic E-state index is 13.1. The van der Waals surface area contributed by atoms with Gasteiger partial charge in [-0.15, -0.1) is 0 Å². The van der Waals surface area contributed by atoms with Crippen molar-refractivity contribution in [2.45, 2.75) is 46.1 Å². The molecule has 1 saturated carbocycles. The molecular formula is C29H35N7O2. The fraction of sp³-hybridized carbons (Fsp3) is 0.414. The third-order valence-corrected chi connectivity index (χ3v) is 6.95. The molecule has 198 valence electrons. The van der Waals surface area contributed by atoms with Crippen LogP contribution in [-0.4, -0.2) is 57.8 Å². The van der Waals surface area contributed by atoms with E-state index >= 15 is 0 Å². The summed E-state index contributed by atoms with van der Waals surface area (Å²) in [6.07, 6.45) is 5.82. The number of nitrogens with one attached hydrogen (secondary N) is 2. The number of hydrogen-bond donors (Lipinski definition) is 2. The predicted molar refractivity (Wildman–Crippen MR) is 149 cm³/mol. The van der Waals surface area contributed by atoms with Gasteiger partial charge in [0.1, 0.15) is 23.0 Å². The molecule has 9 nitrogen and oxygen atoms in total. The Kier molecular flexibility index (Phi) is 8.23. The number of benzene rings is 1. The average molecular weight is 514 g/mol. The molecule has 2 aliphatic rings. The van der Waals surface area contributed by atoms with Gasteiger partial charge in [0.25, 0.3) is 0 Å². The summed E-state index contributed by atoms with van der Waals surface area (Å²) >= 11 is 0. The van der Waals surface area contributed by atoms with E-state index in [1.165, 1.54) is 18.4 Å². The third kappa shape index (κ3) is 6.72. The van der Waals surface area contributed by atoms with E-state index in [1.54, 1.807) is 6.07 Å². The van der Waals surface area contributed by atoms with Crippen LogP contribution < -0.4 is 10.6 Å². The van der Waals surface area contributed by atoms with Gasteiger partial charge < -0.3 is 20.1 Å². The number of carbonyl (C=O) groups is 1. The standard InChI is InChI=1S/C29H35N7O2/c1-3-36(4-2)14-8-11-26(37)25-17-28(33-27-15-22(18-30-27)20-12-13-20)34-29(32-25)31-19-23-16-24(35-38-23)21-9-6-5-7-10-21/h5-7,9-10,15-17,20H,3-4,8,11-14,18-19H2,1-2H3,(H2,30,31,32,33,34). The minimum absolute atomic E-state index is 0.000687. The first kappa shape index (κ1) is 25.8. The number of aromatic nitrogens is 3. The van der Waals surface area contributed by atoms with Crippen molar-refractivity contribution < 1.29 is 9.32 Å². The summed E-state index contributed by atoms with van der Waals surface area (Å²) in [6.45, 7) is 8.19. The fourth-order valence-electron chi connectivity index (χ4n) is 4.52. The van der Waals surface area contributed by atoms with Gasteiger partial charge in [-0.25, -0.2) is 4.98 Å². The molecule has 0 radical (unpaired) electrons. The van der Waals surface area contributed by atoms with Gasteiger partial charge in [0, 0.05) is 24.1 Å². The quantitative estimate of drug-likeness (QED) is 0.300. The van der Waals surface area contributed by atoms with Crippen LogP contribution in [0, 0.1) is 5.92 Å². The molecule has 9 heteroatoms. The van der Waals surface area contributed by atoms with E-state index in [0.717, 1.165) is 49.7 Å². The molecular weight excluding hydrogens is 478 g/mol. The lowest BCUT2D eigenvalue weighted by Crippen LogP contribution is -2.24. The van der Waals surface area contributed by atoms with Gasteiger partial charge in [0.15, 0.2) is 11.5 Å². The number of amidine groups is 1. The highest BCUT2D eigenvalue weighted by molar-refractivity contribution is 6.06. The summed E-state index contributed by atoms with van der Waals surface area (Å²) in [7, 11) is 0. The Balaban J connectivity index is 1.29. The van der Waals surface area contributed by atoms with Gasteiger partial charge in [-0.3, -0.25) is 9.79 Å². The number of hydrogen-bond acceptors (Lipinski definition) is 9. The SMILES string of the molecule is CCN(CC)CCCC(=O)c1cc(NC2=NCC(C3CC3)=C2)nc(NCc2cc(-c3ccccc3)no2)n1. The largest absolute Gasteiger partial charge is 0.359 e. The first-order valence-electron chi connectivity index (χ1n) is 13.5. The number of anilines is 2. The molecule has 1 aromatic carbocycles. The first-order valence-corrected chi connectivity index (χ1v) is 13.5. The van der Waals surface area contributed by atoms with Crippen LogP contribution in [0.3, 0.4) is 0 Å². The molecule has 1 aliphatic carbocycles. The Morgan fingerprint density at radius 1 is 1.11 bits per heavy atom. The van der Waals surface area contributed by atoms with Crippen molar-refractivity contribution in [1.82, 2.24) is 20.0 Å². The molecule has 0 saturated heterocycles. The molecule has 2 aromatic heterocycles. The average Bonchev–Trinajstić information content (AvgIpc) is 3.50. The maximum Gasteiger partial charge on any atom is 0.225 e. The van der Waals surface area contributed by atoms with E-state index in [0.29, 0.717) is 42.1 Å². The Morgan fingerprint density at radius 2 is 1.92 bits per heavy atom. The molecule has 38 heavy (non-hydrogen) atoms. The lowest BCUT2D eigenvalue weighted by Gasteiger charge is -2.17. The summed E-state index contributed by atoms with van der Waals surface area (Å²) in [4.78, 5) is 29.2. The summed E-state index contributed by atoms with van der Waals surface area (Å²) in [6, 6.07) is 13.5. The Morgan fingerprint density at radius 3 is 2.68 bits per heavy atom. The van der Waals surface area contributed by atoms with E-state index < -0.39 is 0 Å². The first-order chi connectivity index (χ1) is 18.6. The highest BCUT2D eigenvalue weighted by Gasteiger charge is 2.28. The van der Waals surface area contributed by atoms with Crippen molar-refractivity contribution in [1.29, 1.82) is 0 Å². The van der Waals surface area contributed by atoms with E-state index in [4.69, 9.17) is 4.52 Å². The predicted octanol–water partition coefficient (Wildman–Crippen LogP) is 5.21. The van der Waals surface area contributed by atoms with Crippen LogP contribution in [0.1, 0.15) is 55.8 Å². The summed E-state index contributed by atoms with van der Waals surface area (Å²) < 4.78 is 5.51.